The molecule has 0 spiro atoms. The van der Waals surface area contributed by atoms with Crippen LogP contribution in [0.25, 0.3) is 0 Å². The molecule has 2 heteroatoms. The van der Waals surface area contributed by atoms with E-state index in [1.54, 1.807) is 0 Å². The van der Waals surface area contributed by atoms with Crippen molar-refractivity contribution in [2.45, 2.75) is 58.5 Å². The second-order valence-electron chi connectivity index (χ2n) is 5.72. The van der Waals surface area contributed by atoms with Gasteiger partial charge in [-0.05, 0) is 45.1 Å². The minimum atomic E-state index is 0.464. The van der Waals surface area contributed by atoms with E-state index in [0.29, 0.717) is 12.1 Å². The zero-order valence-corrected chi connectivity index (χ0v) is 10.9. The van der Waals surface area contributed by atoms with Crippen molar-refractivity contribution in [2.75, 3.05) is 13.6 Å². The summed E-state index contributed by atoms with van der Waals surface area (Å²) in [7, 11) is 2.25. The highest BCUT2D eigenvalue weighted by atomic mass is 15.1. The molecule has 0 aromatic rings. The van der Waals surface area contributed by atoms with E-state index >= 15 is 0 Å². The van der Waals surface area contributed by atoms with Gasteiger partial charge in [0.2, 0.25) is 0 Å². The molecule has 1 rings (SSSR count). The summed E-state index contributed by atoms with van der Waals surface area (Å²) in [6.45, 7) is 8.15. The normalized spacial score (nSPS) is 29.8. The third-order valence-electron chi connectivity index (χ3n) is 4.03. The summed E-state index contributed by atoms with van der Waals surface area (Å²) in [5, 5.41) is 0. The number of hydrogen-bond acceptors (Lipinski definition) is 2. The molecular weight excluding hydrogens is 184 g/mol. The van der Waals surface area contributed by atoms with Crippen molar-refractivity contribution in [3.05, 3.63) is 0 Å². The molecule has 0 bridgehead atoms. The zero-order chi connectivity index (χ0) is 11.4. The van der Waals surface area contributed by atoms with Gasteiger partial charge in [0.05, 0.1) is 0 Å². The molecule has 0 heterocycles. The van der Waals surface area contributed by atoms with Crippen molar-refractivity contribution < 1.29 is 0 Å². The van der Waals surface area contributed by atoms with Crippen LogP contribution in [-0.2, 0) is 0 Å². The first kappa shape index (κ1) is 13.0. The fraction of sp³-hybridized carbons (Fsp3) is 1.00. The summed E-state index contributed by atoms with van der Waals surface area (Å²) >= 11 is 0. The van der Waals surface area contributed by atoms with Crippen LogP contribution in [-0.4, -0.2) is 30.6 Å². The Labute approximate surface area is 95.2 Å². The first-order chi connectivity index (χ1) is 7.00. The maximum Gasteiger partial charge on any atom is 0.00869 e. The van der Waals surface area contributed by atoms with Gasteiger partial charge in [-0.2, -0.15) is 0 Å². The minimum Gasteiger partial charge on any atom is -0.328 e. The average Bonchev–Trinajstić information content (AvgIpc) is 2.16. The summed E-state index contributed by atoms with van der Waals surface area (Å²) in [5.41, 5.74) is 6.02. The Morgan fingerprint density at radius 1 is 1.27 bits per heavy atom. The van der Waals surface area contributed by atoms with Crippen LogP contribution in [0.2, 0.25) is 0 Å². The van der Waals surface area contributed by atoms with Crippen molar-refractivity contribution in [3.63, 3.8) is 0 Å². The predicted molar refractivity (Wildman–Crippen MR) is 66.9 cm³/mol. The third kappa shape index (κ3) is 4.12. The first-order valence-electron chi connectivity index (χ1n) is 6.46. The van der Waals surface area contributed by atoms with Gasteiger partial charge in [-0.25, -0.2) is 0 Å². The smallest absolute Gasteiger partial charge is 0.00869 e. The number of hydrogen-bond donors (Lipinski definition) is 1. The van der Waals surface area contributed by atoms with Crippen molar-refractivity contribution in [3.8, 4) is 0 Å². The van der Waals surface area contributed by atoms with E-state index in [2.05, 4.69) is 32.7 Å². The van der Waals surface area contributed by atoms with Gasteiger partial charge in [-0.1, -0.05) is 20.3 Å². The van der Waals surface area contributed by atoms with E-state index < -0.39 is 0 Å². The molecule has 0 aromatic carbocycles. The van der Waals surface area contributed by atoms with Crippen LogP contribution in [0.1, 0.15) is 46.5 Å². The van der Waals surface area contributed by atoms with Gasteiger partial charge < -0.3 is 10.6 Å². The molecule has 0 radical (unpaired) electrons. The summed E-state index contributed by atoms with van der Waals surface area (Å²) in [6.07, 6.45) is 5.17. The Morgan fingerprint density at radius 3 is 2.47 bits per heavy atom. The lowest BCUT2D eigenvalue weighted by molar-refractivity contribution is 0.156. The van der Waals surface area contributed by atoms with Gasteiger partial charge in [0.25, 0.3) is 0 Å². The number of rotatable bonds is 4. The Kier molecular flexibility index (Phi) is 5.07. The van der Waals surface area contributed by atoms with Crippen LogP contribution in [0, 0.1) is 11.8 Å². The molecule has 0 aliphatic heterocycles. The molecule has 0 saturated heterocycles. The lowest BCUT2D eigenvalue weighted by atomic mass is 9.85. The highest BCUT2D eigenvalue weighted by Crippen LogP contribution is 2.24. The van der Waals surface area contributed by atoms with Gasteiger partial charge in [-0.3, -0.25) is 0 Å². The topological polar surface area (TPSA) is 29.3 Å². The summed E-state index contributed by atoms with van der Waals surface area (Å²) < 4.78 is 0. The van der Waals surface area contributed by atoms with Crippen LogP contribution in [0.3, 0.4) is 0 Å². The van der Waals surface area contributed by atoms with E-state index in [1.807, 2.05) is 0 Å². The summed E-state index contributed by atoms with van der Waals surface area (Å²) in [4.78, 5) is 2.51. The Morgan fingerprint density at radius 2 is 1.93 bits per heavy atom. The van der Waals surface area contributed by atoms with Crippen LogP contribution in [0.15, 0.2) is 0 Å². The molecule has 15 heavy (non-hydrogen) atoms. The molecule has 3 atom stereocenters. The van der Waals surface area contributed by atoms with Gasteiger partial charge >= 0.3 is 0 Å². The Balaban J connectivity index is 2.33. The summed E-state index contributed by atoms with van der Waals surface area (Å²) in [5.74, 6) is 1.58. The van der Waals surface area contributed by atoms with Crippen molar-refractivity contribution in [1.82, 2.24) is 4.90 Å². The highest BCUT2D eigenvalue weighted by molar-refractivity contribution is 4.78. The van der Waals surface area contributed by atoms with E-state index in [-0.39, 0.29) is 0 Å². The number of nitrogens with two attached hydrogens (primary N) is 1. The van der Waals surface area contributed by atoms with Crippen LogP contribution in [0.4, 0.5) is 0 Å². The standard InChI is InChI=1S/C13H28N2/c1-10(2)11(3)15(4)9-12-6-5-7-13(14)8-12/h10-13H,5-9,14H2,1-4H3. The molecule has 1 aliphatic rings. The minimum absolute atomic E-state index is 0.464. The molecule has 90 valence electrons. The fourth-order valence-corrected chi connectivity index (χ4v) is 2.58. The van der Waals surface area contributed by atoms with Gasteiger partial charge in [0.1, 0.15) is 0 Å². The highest BCUT2D eigenvalue weighted by Gasteiger charge is 2.22. The van der Waals surface area contributed by atoms with Crippen LogP contribution >= 0.6 is 0 Å². The van der Waals surface area contributed by atoms with Crippen molar-refractivity contribution >= 4 is 0 Å². The SMILES string of the molecule is CC(C)C(C)N(C)CC1CCCC(N)C1. The predicted octanol–water partition coefficient (Wildman–Crippen LogP) is 2.48. The molecule has 2 N–H and O–H groups in total. The average molecular weight is 212 g/mol. The molecule has 1 fully saturated rings. The molecular formula is C13H28N2. The maximum absolute atomic E-state index is 6.02. The second-order valence-corrected chi connectivity index (χ2v) is 5.72. The lowest BCUT2D eigenvalue weighted by Crippen LogP contribution is -2.39. The Hall–Kier alpha value is -0.0800. The molecule has 2 nitrogen and oxygen atoms in total. The van der Waals surface area contributed by atoms with Gasteiger partial charge in [-0.15, -0.1) is 0 Å². The van der Waals surface area contributed by atoms with Crippen LogP contribution < -0.4 is 5.73 Å². The van der Waals surface area contributed by atoms with E-state index in [1.165, 1.54) is 32.2 Å². The lowest BCUT2D eigenvalue weighted by Gasteiger charge is -2.34. The van der Waals surface area contributed by atoms with E-state index in [0.717, 1.165) is 11.8 Å². The van der Waals surface area contributed by atoms with E-state index in [9.17, 15) is 0 Å². The van der Waals surface area contributed by atoms with E-state index in [4.69, 9.17) is 5.73 Å². The molecule has 0 amide bonds. The third-order valence-corrected chi connectivity index (χ3v) is 4.03. The molecule has 0 aromatic heterocycles. The monoisotopic (exact) mass is 212 g/mol. The molecule has 1 aliphatic carbocycles. The number of nitrogens with zero attached hydrogens (tertiary/aromatic N) is 1. The van der Waals surface area contributed by atoms with Crippen molar-refractivity contribution in [1.29, 1.82) is 0 Å². The zero-order valence-electron chi connectivity index (χ0n) is 10.9. The molecule has 1 saturated carbocycles. The Bertz CT molecular complexity index is 179. The first-order valence-corrected chi connectivity index (χ1v) is 6.46. The quantitative estimate of drug-likeness (QED) is 0.776. The van der Waals surface area contributed by atoms with Crippen LogP contribution in [0.5, 0.6) is 0 Å². The molecule has 3 unspecified atom stereocenters. The second kappa shape index (κ2) is 5.86. The fourth-order valence-electron chi connectivity index (χ4n) is 2.58. The van der Waals surface area contributed by atoms with Gasteiger partial charge in [0.15, 0.2) is 0 Å². The van der Waals surface area contributed by atoms with Gasteiger partial charge in [0, 0.05) is 18.6 Å². The largest absolute Gasteiger partial charge is 0.328 e. The summed E-state index contributed by atoms with van der Waals surface area (Å²) in [6, 6.07) is 1.15. The maximum atomic E-state index is 6.02. The van der Waals surface area contributed by atoms with Crippen molar-refractivity contribution in [2.24, 2.45) is 17.6 Å².